The number of nitriles is 1. The molecule has 0 spiro atoms. The Morgan fingerprint density at radius 3 is 2.41 bits per heavy atom. The molecule has 0 bridgehead atoms. The Balaban J connectivity index is 1.89. The summed E-state index contributed by atoms with van der Waals surface area (Å²) < 4.78 is 5.48. The minimum Gasteiger partial charge on any atom is -0.484 e. The van der Waals surface area contributed by atoms with Gasteiger partial charge in [0.15, 0.2) is 6.61 Å². The third kappa shape index (κ3) is 6.01. The second kappa shape index (κ2) is 9.78. The van der Waals surface area contributed by atoms with Gasteiger partial charge in [-0.15, -0.1) is 0 Å². The molecule has 0 aliphatic carbocycles. The first-order chi connectivity index (χ1) is 13.0. The number of carbonyl (C=O) groups is 2. The van der Waals surface area contributed by atoms with Gasteiger partial charge in [-0.3, -0.25) is 9.59 Å². The van der Waals surface area contributed by atoms with Crippen LogP contribution in [0.15, 0.2) is 60.2 Å². The zero-order valence-corrected chi connectivity index (χ0v) is 15.2. The third-order valence-corrected chi connectivity index (χ3v) is 3.83. The fraction of sp³-hybridized carbons (Fsp3) is 0.190. The smallest absolute Gasteiger partial charge is 0.261 e. The molecule has 0 unspecified atom stereocenters. The number of carbonyl (C=O) groups excluding carboxylic acids is 2. The minimum atomic E-state index is -0.443. The molecule has 0 aromatic heterocycles. The Morgan fingerprint density at radius 2 is 1.81 bits per heavy atom. The van der Waals surface area contributed by atoms with Crippen molar-refractivity contribution >= 4 is 17.9 Å². The third-order valence-electron chi connectivity index (χ3n) is 3.83. The van der Waals surface area contributed by atoms with Gasteiger partial charge in [-0.2, -0.15) is 5.26 Å². The van der Waals surface area contributed by atoms with E-state index in [9.17, 15) is 9.59 Å². The van der Waals surface area contributed by atoms with E-state index in [0.29, 0.717) is 11.3 Å². The number of likely N-dealkylation sites (N-methyl/N-ethyl adjacent to an activating group) is 1. The molecular weight excluding hydrogens is 342 g/mol. The van der Waals surface area contributed by atoms with Crippen LogP contribution < -0.4 is 15.4 Å². The number of hydrogen-bond acceptors (Lipinski definition) is 4. The topological polar surface area (TPSA) is 91.2 Å². The Morgan fingerprint density at radius 1 is 1.15 bits per heavy atom. The molecule has 2 rings (SSSR count). The van der Waals surface area contributed by atoms with E-state index in [1.807, 2.05) is 43.3 Å². The van der Waals surface area contributed by atoms with Crippen LogP contribution in [0.25, 0.3) is 6.08 Å². The average molecular weight is 363 g/mol. The van der Waals surface area contributed by atoms with Crippen LogP contribution in [-0.4, -0.2) is 25.5 Å². The molecule has 0 saturated carbocycles. The van der Waals surface area contributed by atoms with E-state index >= 15 is 0 Å². The summed E-state index contributed by atoms with van der Waals surface area (Å²) in [5.74, 6) is -0.142. The number of amides is 2. The lowest BCUT2D eigenvalue weighted by atomic mass is 10.1. The summed E-state index contributed by atoms with van der Waals surface area (Å²) in [4.78, 5) is 23.5. The number of hydrogen-bond donors (Lipinski definition) is 2. The summed E-state index contributed by atoms with van der Waals surface area (Å²) in [7, 11) is 1.47. The van der Waals surface area contributed by atoms with Crippen LogP contribution in [0.1, 0.15) is 24.1 Å². The van der Waals surface area contributed by atoms with Crippen molar-refractivity contribution < 1.29 is 14.3 Å². The molecule has 138 valence electrons. The maximum Gasteiger partial charge on any atom is 0.261 e. The predicted molar refractivity (Wildman–Crippen MR) is 103 cm³/mol. The fourth-order valence-electron chi connectivity index (χ4n) is 2.37. The fourth-order valence-corrected chi connectivity index (χ4v) is 2.37. The molecule has 0 radical (unpaired) electrons. The lowest BCUT2D eigenvalue weighted by Crippen LogP contribution is -2.31. The molecule has 2 amide bonds. The quantitative estimate of drug-likeness (QED) is 0.584. The van der Waals surface area contributed by atoms with Gasteiger partial charge in [-0.25, -0.2) is 0 Å². The summed E-state index contributed by atoms with van der Waals surface area (Å²) in [6.45, 7) is 1.81. The number of nitrogens with zero attached hydrogens (tertiary/aromatic N) is 1. The molecule has 6 nitrogen and oxygen atoms in total. The van der Waals surface area contributed by atoms with E-state index in [1.54, 1.807) is 24.3 Å². The van der Waals surface area contributed by atoms with Gasteiger partial charge in [0.2, 0.25) is 0 Å². The predicted octanol–water partition coefficient (Wildman–Crippen LogP) is 2.60. The SMILES string of the molecule is CNC(=O)/C(C#N)=C/c1ccc(OCC(=O)N[C@H](C)c2ccccc2)cc1. The van der Waals surface area contributed by atoms with Crippen molar-refractivity contribution in [2.45, 2.75) is 13.0 Å². The Labute approximate surface area is 158 Å². The van der Waals surface area contributed by atoms with Crippen LogP contribution in [0.5, 0.6) is 5.75 Å². The number of nitrogens with one attached hydrogen (secondary N) is 2. The van der Waals surface area contributed by atoms with Crippen LogP contribution in [0.2, 0.25) is 0 Å². The summed E-state index contributed by atoms with van der Waals surface area (Å²) in [6, 6.07) is 18.2. The van der Waals surface area contributed by atoms with Crippen LogP contribution in [0.4, 0.5) is 0 Å². The van der Waals surface area contributed by atoms with Crippen molar-refractivity contribution in [1.29, 1.82) is 5.26 Å². The Kier molecular flexibility index (Phi) is 7.15. The monoisotopic (exact) mass is 363 g/mol. The molecule has 2 N–H and O–H groups in total. The summed E-state index contributed by atoms with van der Waals surface area (Å²) in [5, 5.41) is 14.3. The summed E-state index contributed by atoms with van der Waals surface area (Å²) >= 11 is 0. The normalized spacial score (nSPS) is 11.8. The zero-order valence-electron chi connectivity index (χ0n) is 15.2. The van der Waals surface area contributed by atoms with Crippen LogP contribution in [0.3, 0.4) is 0 Å². The molecule has 1 atom stereocenters. The molecule has 0 heterocycles. The first-order valence-corrected chi connectivity index (χ1v) is 8.44. The molecule has 0 aliphatic rings. The van der Waals surface area contributed by atoms with E-state index in [0.717, 1.165) is 5.56 Å². The number of benzene rings is 2. The van der Waals surface area contributed by atoms with Crippen molar-refractivity contribution in [3.8, 4) is 11.8 Å². The largest absolute Gasteiger partial charge is 0.484 e. The minimum absolute atomic E-state index is 0.0143. The van der Waals surface area contributed by atoms with Crippen molar-refractivity contribution in [2.24, 2.45) is 0 Å². The molecule has 0 aliphatic heterocycles. The molecule has 0 saturated heterocycles. The van der Waals surface area contributed by atoms with Crippen molar-refractivity contribution in [3.05, 3.63) is 71.3 Å². The molecule has 27 heavy (non-hydrogen) atoms. The second-order valence-electron chi connectivity index (χ2n) is 5.81. The first-order valence-electron chi connectivity index (χ1n) is 8.44. The highest BCUT2D eigenvalue weighted by atomic mass is 16.5. The standard InChI is InChI=1S/C21H21N3O3/c1-15(17-6-4-3-5-7-17)24-20(25)14-27-19-10-8-16(9-11-19)12-18(13-22)21(26)23-2/h3-12,15H,14H2,1-2H3,(H,23,26)(H,24,25)/b18-12+/t15-/m1/s1. The number of rotatable bonds is 7. The highest BCUT2D eigenvalue weighted by Gasteiger charge is 2.10. The van der Waals surface area contributed by atoms with Gasteiger partial charge in [-0.05, 0) is 36.3 Å². The highest BCUT2D eigenvalue weighted by molar-refractivity contribution is 6.01. The first kappa shape index (κ1) is 19.7. The van der Waals surface area contributed by atoms with Crippen LogP contribution >= 0.6 is 0 Å². The Bertz CT molecular complexity index is 852. The Hall–Kier alpha value is -3.59. The van der Waals surface area contributed by atoms with Gasteiger partial charge in [0.25, 0.3) is 11.8 Å². The highest BCUT2D eigenvalue weighted by Crippen LogP contribution is 2.15. The van der Waals surface area contributed by atoms with Gasteiger partial charge in [0.05, 0.1) is 6.04 Å². The lowest BCUT2D eigenvalue weighted by molar-refractivity contribution is -0.123. The molecule has 0 fully saturated rings. The van der Waals surface area contributed by atoms with Crippen molar-refractivity contribution in [3.63, 3.8) is 0 Å². The number of ether oxygens (including phenoxy) is 1. The van der Waals surface area contributed by atoms with E-state index in [4.69, 9.17) is 10.00 Å². The average Bonchev–Trinajstić information content (AvgIpc) is 2.71. The van der Waals surface area contributed by atoms with Crippen molar-refractivity contribution in [2.75, 3.05) is 13.7 Å². The van der Waals surface area contributed by atoms with E-state index < -0.39 is 5.91 Å². The lowest BCUT2D eigenvalue weighted by Gasteiger charge is -2.14. The second-order valence-corrected chi connectivity index (χ2v) is 5.81. The van der Waals surface area contributed by atoms with Gasteiger partial charge in [-0.1, -0.05) is 42.5 Å². The maximum atomic E-state index is 12.0. The summed E-state index contributed by atoms with van der Waals surface area (Å²) in [5.41, 5.74) is 1.72. The van der Waals surface area contributed by atoms with Crippen LogP contribution in [0, 0.1) is 11.3 Å². The van der Waals surface area contributed by atoms with E-state index in [-0.39, 0.29) is 24.1 Å². The van der Waals surface area contributed by atoms with Gasteiger partial charge < -0.3 is 15.4 Å². The van der Waals surface area contributed by atoms with Gasteiger partial charge in [0, 0.05) is 7.05 Å². The molecule has 2 aromatic carbocycles. The van der Waals surface area contributed by atoms with Crippen LogP contribution in [-0.2, 0) is 9.59 Å². The van der Waals surface area contributed by atoms with Gasteiger partial charge >= 0.3 is 0 Å². The summed E-state index contributed by atoms with van der Waals surface area (Å²) in [6.07, 6.45) is 1.48. The molecule has 2 aromatic rings. The zero-order chi connectivity index (χ0) is 19.6. The van der Waals surface area contributed by atoms with E-state index in [2.05, 4.69) is 10.6 Å². The maximum absolute atomic E-state index is 12.0. The van der Waals surface area contributed by atoms with E-state index in [1.165, 1.54) is 13.1 Å². The van der Waals surface area contributed by atoms with Gasteiger partial charge in [0.1, 0.15) is 17.4 Å². The van der Waals surface area contributed by atoms with Crippen molar-refractivity contribution in [1.82, 2.24) is 10.6 Å². The molecule has 6 heteroatoms. The molecular formula is C21H21N3O3.